The molecular weight excluding hydrogens is 398 g/mol. The van der Waals surface area contributed by atoms with Crippen molar-refractivity contribution in [2.45, 2.75) is 36.4 Å². The SMILES string of the molecule is Nc1ncnc2c1ncn2[C@]1(C2Cc3cccc4cccc2c34)O[C@H](CO)[C@@H](O)[C@H]1O. The minimum Gasteiger partial charge on any atom is -0.394 e. The monoisotopic (exact) mass is 419 g/mol. The van der Waals surface area contributed by atoms with Crippen molar-refractivity contribution in [1.29, 1.82) is 0 Å². The Bertz CT molecular complexity index is 1320. The summed E-state index contributed by atoms with van der Waals surface area (Å²) >= 11 is 0. The third kappa shape index (κ3) is 2.31. The number of hydrogen-bond donors (Lipinski definition) is 4. The number of aliphatic hydroxyl groups excluding tert-OH is 3. The van der Waals surface area contributed by atoms with E-state index in [4.69, 9.17) is 10.5 Å². The zero-order valence-electron chi connectivity index (χ0n) is 16.5. The molecule has 31 heavy (non-hydrogen) atoms. The molecule has 6 rings (SSSR count). The largest absolute Gasteiger partial charge is 0.394 e. The molecule has 1 aliphatic carbocycles. The van der Waals surface area contributed by atoms with E-state index in [2.05, 4.69) is 33.2 Å². The van der Waals surface area contributed by atoms with E-state index in [0.717, 1.165) is 21.9 Å². The number of aliphatic hydroxyl groups is 3. The van der Waals surface area contributed by atoms with Crippen molar-refractivity contribution in [2.24, 2.45) is 0 Å². The fourth-order valence-electron chi connectivity index (χ4n) is 5.35. The summed E-state index contributed by atoms with van der Waals surface area (Å²) in [7, 11) is 0. The molecule has 1 unspecified atom stereocenters. The van der Waals surface area contributed by atoms with Crippen LogP contribution in [0.5, 0.6) is 0 Å². The fraction of sp³-hybridized carbons (Fsp3) is 0.318. The summed E-state index contributed by atoms with van der Waals surface area (Å²) in [6, 6.07) is 12.2. The number of benzene rings is 2. The maximum atomic E-state index is 11.4. The summed E-state index contributed by atoms with van der Waals surface area (Å²) in [5.74, 6) is -0.147. The quantitative estimate of drug-likeness (QED) is 0.380. The molecule has 0 bridgehead atoms. The van der Waals surface area contributed by atoms with Crippen LogP contribution in [0, 0.1) is 0 Å². The molecule has 2 aromatic carbocycles. The van der Waals surface area contributed by atoms with Crippen molar-refractivity contribution in [3.63, 3.8) is 0 Å². The summed E-state index contributed by atoms with van der Waals surface area (Å²) in [6.07, 6.45) is -0.172. The molecule has 4 aromatic rings. The molecule has 0 amide bonds. The van der Waals surface area contributed by atoms with E-state index in [1.807, 2.05) is 18.2 Å². The van der Waals surface area contributed by atoms with Crippen molar-refractivity contribution in [3.8, 4) is 0 Å². The molecule has 0 saturated carbocycles. The van der Waals surface area contributed by atoms with Crippen LogP contribution in [0.2, 0.25) is 0 Å². The molecule has 5 N–H and O–H groups in total. The van der Waals surface area contributed by atoms with Crippen LogP contribution in [0.4, 0.5) is 5.82 Å². The normalized spacial score (nSPS) is 29.9. The van der Waals surface area contributed by atoms with Gasteiger partial charge in [-0.25, -0.2) is 15.0 Å². The Morgan fingerprint density at radius 3 is 2.71 bits per heavy atom. The van der Waals surface area contributed by atoms with Gasteiger partial charge in [-0.2, -0.15) is 0 Å². The number of nitrogen functional groups attached to an aromatic ring is 1. The standard InChI is InChI=1S/C22H21N5O4/c23-20-17-21(25-9-24-20)27(10-26-17)22(19(30)18(29)15(8-28)31-22)14-7-12-5-1-3-11-4-2-6-13(14)16(11)12/h1-6,9-10,14-15,18-19,28-30H,7-8H2,(H2,23,24,25)/t14?,15-,18-,19-,22-/m1/s1. The third-order valence-electron chi connectivity index (χ3n) is 6.71. The first-order valence-electron chi connectivity index (χ1n) is 10.2. The summed E-state index contributed by atoms with van der Waals surface area (Å²) in [5.41, 5.74) is 7.45. The second-order valence-electron chi connectivity index (χ2n) is 8.19. The minimum absolute atomic E-state index is 0.211. The number of aromatic nitrogens is 4. The topological polar surface area (TPSA) is 140 Å². The number of rotatable bonds is 3. The predicted octanol–water partition coefficient (Wildman–Crippen LogP) is 0.667. The molecule has 9 nitrogen and oxygen atoms in total. The molecule has 9 heteroatoms. The van der Waals surface area contributed by atoms with Gasteiger partial charge in [0.2, 0.25) is 0 Å². The van der Waals surface area contributed by atoms with Gasteiger partial charge in [-0.1, -0.05) is 36.4 Å². The molecule has 3 heterocycles. The zero-order chi connectivity index (χ0) is 21.3. The molecule has 2 aromatic heterocycles. The van der Waals surface area contributed by atoms with Crippen LogP contribution in [0.25, 0.3) is 21.9 Å². The van der Waals surface area contributed by atoms with Gasteiger partial charge in [-0.05, 0) is 28.3 Å². The van der Waals surface area contributed by atoms with Crippen molar-refractivity contribution in [3.05, 3.63) is 60.2 Å². The lowest BCUT2D eigenvalue weighted by Gasteiger charge is -2.39. The minimum atomic E-state index is -1.45. The molecule has 1 fully saturated rings. The Hall–Kier alpha value is -3.11. The Balaban J connectivity index is 1.64. The van der Waals surface area contributed by atoms with Crippen LogP contribution in [-0.2, 0) is 16.9 Å². The molecule has 5 atom stereocenters. The van der Waals surface area contributed by atoms with Crippen molar-refractivity contribution < 1.29 is 20.1 Å². The van der Waals surface area contributed by atoms with E-state index in [1.165, 1.54) is 12.7 Å². The summed E-state index contributed by atoms with van der Waals surface area (Å²) in [6.45, 7) is -0.437. The molecule has 0 spiro atoms. The van der Waals surface area contributed by atoms with Crippen molar-refractivity contribution >= 4 is 27.8 Å². The Labute approximate surface area is 176 Å². The van der Waals surface area contributed by atoms with E-state index in [9.17, 15) is 15.3 Å². The van der Waals surface area contributed by atoms with Gasteiger partial charge in [-0.15, -0.1) is 0 Å². The number of hydrogen-bond acceptors (Lipinski definition) is 8. The fourth-order valence-corrected chi connectivity index (χ4v) is 5.35. The van der Waals surface area contributed by atoms with Gasteiger partial charge in [0.1, 0.15) is 30.2 Å². The van der Waals surface area contributed by atoms with Crippen molar-refractivity contribution in [1.82, 2.24) is 19.5 Å². The van der Waals surface area contributed by atoms with E-state index in [-0.39, 0.29) is 11.7 Å². The second-order valence-corrected chi connectivity index (χ2v) is 8.19. The van der Waals surface area contributed by atoms with Gasteiger partial charge >= 0.3 is 0 Å². The first-order chi connectivity index (χ1) is 15.1. The molecule has 0 radical (unpaired) electrons. The highest BCUT2D eigenvalue weighted by molar-refractivity contribution is 5.91. The number of anilines is 1. The number of nitrogens with two attached hydrogens (primary N) is 1. The Morgan fingerprint density at radius 2 is 1.94 bits per heavy atom. The summed E-state index contributed by atoms with van der Waals surface area (Å²) in [5, 5.41) is 34.2. The third-order valence-corrected chi connectivity index (χ3v) is 6.71. The van der Waals surface area contributed by atoms with Gasteiger partial charge < -0.3 is 25.8 Å². The van der Waals surface area contributed by atoms with E-state index in [1.54, 1.807) is 4.57 Å². The van der Waals surface area contributed by atoms with Gasteiger partial charge in [0.25, 0.3) is 0 Å². The maximum Gasteiger partial charge on any atom is 0.183 e. The lowest BCUT2D eigenvalue weighted by atomic mass is 9.84. The molecule has 2 aliphatic rings. The first-order valence-corrected chi connectivity index (χ1v) is 10.2. The van der Waals surface area contributed by atoms with Crippen LogP contribution < -0.4 is 5.73 Å². The van der Waals surface area contributed by atoms with Gasteiger partial charge in [-0.3, -0.25) is 4.57 Å². The molecule has 1 saturated heterocycles. The smallest absolute Gasteiger partial charge is 0.183 e. The lowest BCUT2D eigenvalue weighted by molar-refractivity contribution is -0.161. The highest BCUT2D eigenvalue weighted by Gasteiger charge is 2.61. The van der Waals surface area contributed by atoms with Crippen LogP contribution in [0.15, 0.2) is 49.1 Å². The Kier molecular flexibility index (Phi) is 3.87. The summed E-state index contributed by atoms with van der Waals surface area (Å²) < 4.78 is 7.97. The predicted molar refractivity (Wildman–Crippen MR) is 112 cm³/mol. The summed E-state index contributed by atoms with van der Waals surface area (Å²) in [4.78, 5) is 12.7. The van der Waals surface area contributed by atoms with E-state index < -0.39 is 30.6 Å². The van der Waals surface area contributed by atoms with Gasteiger partial charge in [0, 0.05) is 5.92 Å². The average Bonchev–Trinajstić information content (AvgIpc) is 3.45. The van der Waals surface area contributed by atoms with E-state index >= 15 is 0 Å². The number of imidazole rings is 1. The van der Waals surface area contributed by atoms with Crippen LogP contribution >= 0.6 is 0 Å². The highest BCUT2D eigenvalue weighted by Crippen LogP contribution is 2.53. The molecule has 1 aliphatic heterocycles. The number of ether oxygens (including phenoxy) is 1. The second kappa shape index (κ2) is 6.44. The first kappa shape index (κ1) is 18.6. The van der Waals surface area contributed by atoms with Gasteiger partial charge in [0.15, 0.2) is 17.2 Å². The number of nitrogens with zero attached hydrogens (tertiary/aromatic N) is 4. The van der Waals surface area contributed by atoms with Crippen molar-refractivity contribution in [2.75, 3.05) is 12.3 Å². The van der Waals surface area contributed by atoms with Crippen LogP contribution in [-0.4, -0.2) is 59.8 Å². The van der Waals surface area contributed by atoms with Crippen LogP contribution in [0.3, 0.4) is 0 Å². The maximum absolute atomic E-state index is 11.4. The lowest BCUT2D eigenvalue weighted by Crippen LogP contribution is -2.50. The Morgan fingerprint density at radius 1 is 1.13 bits per heavy atom. The van der Waals surface area contributed by atoms with E-state index in [0.29, 0.717) is 17.6 Å². The molecular formula is C22H21N5O4. The zero-order valence-corrected chi connectivity index (χ0v) is 16.5. The van der Waals surface area contributed by atoms with Crippen LogP contribution in [0.1, 0.15) is 17.0 Å². The molecule has 158 valence electrons. The highest BCUT2D eigenvalue weighted by atomic mass is 16.6. The average molecular weight is 419 g/mol. The number of fused-ring (bicyclic) bond motifs is 1. The van der Waals surface area contributed by atoms with Gasteiger partial charge in [0.05, 0.1) is 12.9 Å².